The summed E-state index contributed by atoms with van der Waals surface area (Å²) in [5.74, 6) is 3.68. The lowest BCUT2D eigenvalue weighted by Gasteiger charge is -2.42. The van der Waals surface area contributed by atoms with Crippen LogP contribution >= 0.6 is 0 Å². The van der Waals surface area contributed by atoms with Crippen LogP contribution in [-0.2, 0) is 37.3 Å². The van der Waals surface area contributed by atoms with Gasteiger partial charge in [0, 0.05) is 0 Å². The van der Waals surface area contributed by atoms with Crippen molar-refractivity contribution in [3.63, 3.8) is 0 Å². The van der Waals surface area contributed by atoms with Crippen molar-refractivity contribution in [3.05, 3.63) is 0 Å². The van der Waals surface area contributed by atoms with Crippen LogP contribution in [0.1, 0.15) is 83.1 Å². The normalized spacial score (nSPS) is 32.3. The molecule has 0 spiro atoms. The molecule has 3 fully saturated rings. The van der Waals surface area contributed by atoms with Gasteiger partial charge in [-0.25, -0.2) is 0 Å². The Hall–Kier alpha value is -0.366. The quantitative estimate of drug-likeness (QED) is 0.254. The van der Waals surface area contributed by atoms with E-state index in [2.05, 4.69) is 79.6 Å². The van der Waals surface area contributed by atoms with Gasteiger partial charge >= 0.3 is 0 Å². The van der Waals surface area contributed by atoms with Crippen molar-refractivity contribution in [1.29, 1.82) is 0 Å². The van der Waals surface area contributed by atoms with E-state index in [4.69, 9.17) is 37.3 Å². The minimum absolute atomic E-state index is 0.0410. The summed E-state index contributed by atoms with van der Waals surface area (Å²) in [6, 6.07) is 0. The molecule has 0 aromatic rings. The minimum atomic E-state index is -2.27. The summed E-state index contributed by atoms with van der Waals surface area (Å²) in [4.78, 5) is 0. The van der Waals surface area contributed by atoms with Crippen molar-refractivity contribution in [2.24, 2.45) is 0 Å². The summed E-state index contributed by atoms with van der Waals surface area (Å²) in [6.45, 7) is 33.9. The molecule has 250 valence electrons. The molecule has 0 amide bonds. The van der Waals surface area contributed by atoms with Gasteiger partial charge in [0.25, 0.3) is 0 Å². The van der Waals surface area contributed by atoms with Gasteiger partial charge in [-0.05, 0) is 77.8 Å². The highest BCUT2D eigenvalue weighted by Crippen LogP contribution is 2.42. The molecule has 3 aliphatic rings. The van der Waals surface area contributed by atoms with Gasteiger partial charge in [0.15, 0.2) is 34.0 Å². The molecule has 0 bridgehead atoms. The van der Waals surface area contributed by atoms with Crippen LogP contribution in [0.15, 0.2) is 0 Å². The first kappa shape index (κ1) is 37.1. The van der Waals surface area contributed by atoms with Crippen molar-refractivity contribution < 1.29 is 42.4 Å². The number of rotatable bonds is 8. The number of aliphatic hydroxyl groups excluding tert-OH is 1. The van der Waals surface area contributed by atoms with E-state index >= 15 is 0 Å². The van der Waals surface area contributed by atoms with Crippen LogP contribution in [0.25, 0.3) is 0 Å². The molecule has 0 unspecified atom stereocenters. The molecule has 3 saturated heterocycles. The molecule has 0 aromatic carbocycles. The molecule has 3 heterocycles. The van der Waals surface area contributed by atoms with Gasteiger partial charge in [0.2, 0.25) is 0 Å². The Bertz CT molecular complexity index is 1030. The average Bonchev–Trinajstić information content (AvgIpc) is 3.43. The highest BCUT2D eigenvalue weighted by Gasteiger charge is 2.54. The van der Waals surface area contributed by atoms with Crippen molar-refractivity contribution >= 4 is 16.6 Å². The van der Waals surface area contributed by atoms with Crippen molar-refractivity contribution in [3.8, 4) is 11.8 Å². The summed E-state index contributed by atoms with van der Waals surface area (Å²) < 4.78 is 50.8. The van der Waals surface area contributed by atoms with Crippen LogP contribution < -0.4 is 0 Å². The fourth-order valence-corrected chi connectivity index (χ4v) is 7.24. The molecular weight excluding hydrogens is 585 g/mol. The molecule has 3 rings (SSSR count). The summed E-state index contributed by atoms with van der Waals surface area (Å²) in [7, 11) is -4.31. The van der Waals surface area contributed by atoms with E-state index in [1.165, 1.54) is 0 Å². The van der Waals surface area contributed by atoms with Gasteiger partial charge < -0.3 is 42.4 Å². The van der Waals surface area contributed by atoms with E-state index in [-0.39, 0.29) is 16.2 Å². The Kier molecular flexibility index (Phi) is 10.6. The predicted molar refractivity (Wildman–Crippen MR) is 172 cm³/mol. The molecule has 0 aromatic heterocycles. The monoisotopic (exact) mass is 644 g/mol. The van der Waals surface area contributed by atoms with Crippen molar-refractivity contribution in [2.75, 3.05) is 13.2 Å². The van der Waals surface area contributed by atoms with E-state index in [0.29, 0.717) is 13.2 Å². The lowest BCUT2D eigenvalue weighted by Crippen LogP contribution is -2.54. The number of hydrogen-bond donors (Lipinski definition) is 1. The van der Waals surface area contributed by atoms with E-state index < -0.39 is 70.6 Å². The molecule has 1 N–H and O–H groups in total. The van der Waals surface area contributed by atoms with Crippen LogP contribution in [0, 0.1) is 11.8 Å². The van der Waals surface area contributed by atoms with Gasteiger partial charge in [-0.3, -0.25) is 0 Å². The lowest BCUT2D eigenvalue weighted by atomic mass is 10.0. The second-order valence-corrected chi connectivity index (χ2v) is 26.2. The number of aliphatic hydroxyl groups is 1. The van der Waals surface area contributed by atoms with Gasteiger partial charge in [-0.2, -0.15) is 0 Å². The summed E-state index contributed by atoms with van der Waals surface area (Å²) in [5.41, 5.74) is 0. The molecule has 9 nitrogen and oxygen atoms in total. The fourth-order valence-electron chi connectivity index (χ4n) is 4.91. The average molecular weight is 645 g/mol. The second kappa shape index (κ2) is 12.3. The van der Waals surface area contributed by atoms with Crippen LogP contribution in [0.3, 0.4) is 0 Å². The minimum Gasteiger partial charge on any atom is -0.414 e. The van der Waals surface area contributed by atoms with Gasteiger partial charge in [0.1, 0.15) is 42.7 Å². The largest absolute Gasteiger partial charge is 0.414 e. The fraction of sp³-hybridized carbons (Fsp3) is 0.938. The maximum Gasteiger partial charge on any atom is 0.192 e. The van der Waals surface area contributed by atoms with Crippen LogP contribution in [-0.4, -0.2) is 95.0 Å². The van der Waals surface area contributed by atoms with E-state index in [0.717, 1.165) is 0 Å². The number of ether oxygens (including phenoxy) is 6. The third-order valence-electron chi connectivity index (χ3n) is 9.41. The first-order chi connectivity index (χ1) is 19.2. The van der Waals surface area contributed by atoms with Gasteiger partial charge in [0.05, 0.1) is 13.2 Å². The van der Waals surface area contributed by atoms with Crippen LogP contribution in [0.2, 0.25) is 36.3 Å². The predicted octanol–water partition coefficient (Wildman–Crippen LogP) is 5.95. The SMILES string of the molecule is CC1(C)O[C@@H]([C@@H](O)C#C[C@H]2OC(C)(C)O[C@H]2[C@H](O[Si](C)(C)C(C)(C)C)[C@H]2COC(C)(C)O2)[C@H](CO[Si](C)(C)C(C)(C)C)O1. The lowest BCUT2D eigenvalue weighted by molar-refractivity contribution is -0.176. The number of hydrogen-bond acceptors (Lipinski definition) is 9. The molecule has 3 aliphatic heterocycles. The maximum absolute atomic E-state index is 11.3. The zero-order valence-electron chi connectivity index (χ0n) is 29.7. The zero-order valence-corrected chi connectivity index (χ0v) is 31.7. The highest BCUT2D eigenvalue weighted by atomic mass is 28.4. The van der Waals surface area contributed by atoms with E-state index in [9.17, 15) is 5.11 Å². The molecule has 0 radical (unpaired) electrons. The summed E-state index contributed by atoms with van der Waals surface area (Å²) >= 11 is 0. The van der Waals surface area contributed by atoms with Crippen molar-refractivity contribution in [2.45, 2.75) is 179 Å². The first-order valence-electron chi connectivity index (χ1n) is 15.7. The smallest absolute Gasteiger partial charge is 0.192 e. The first-order valence-corrected chi connectivity index (χ1v) is 21.5. The molecule has 0 saturated carbocycles. The maximum atomic E-state index is 11.3. The molecule has 7 atom stereocenters. The van der Waals surface area contributed by atoms with Crippen LogP contribution in [0.4, 0.5) is 0 Å². The standard InChI is InChI=1S/C32H60O9Si2/c1-28(2,3)42(13,14)35-20-24-25(39-32(11,12)38-24)21(33)17-18-22-26(40-31(9,10)36-22)27(23-19-34-30(7,8)37-23)41-43(15,16)29(4,5)6/h21-27,33H,19-20H2,1-16H3/t21-,22+,23+,24-,25-,26+,27+/m0/s1. The Morgan fingerprint density at radius 2 is 1.30 bits per heavy atom. The van der Waals surface area contributed by atoms with Gasteiger partial charge in [-0.15, -0.1) is 0 Å². The topological polar surface area (TPSA) is 94.1 Å². The second-order valence-electron chi connectivity index (χ2n) is 16.7. The highest BCUT2D eigenvalue weighted by molar-refractivity contribution is 6.74. The molecule has 0 aliphatic carbocycles. The molecule has 43 heavy (non-hydrogen) atoms. The third-order valence-corrected chi connectivity index (χ3v) is 18.4. The van der Waals surface area contributed by atoms with Crippen LogP contribution in [0.5, 0.6) is 0 Å². The molecule has 11 heteroatoms. The van der Waals surface area contributed by atoms with Crippen molar-refractivity contribution in [1.82, 2.24) is 0 Å². The Morgan fingerprint density at radius 1 is 0.767 bits per heavy atom. The van der Waals surface area contributed by atoms with E-state index in [1.54, 1.807) is 0 Å². The van der Waals surface area contributed by atoms with Gasteiger partial charge in [-0.1, -0.05) is 53.4 Å². The zero-order chi connectivity index (χ0) is 33.0. The van der Waals surface area contributed by atoms with E-state index in [1.807, 2.05) is 41.5 Å². The molecular formula is C32H60O9Si2. The summed E-state index contributed by atoms with van der Waals surface area (Å²) in [5, 5.41) is 11.3. The Labute approximate surface area is 263 Å². The Balaban J connectivity index is 1.87. The summed E-state index contributed by atoms with van der Waals surface area (Å²) in [6.07, 6.45) is -4.39. The Morgan fingerprint density at radius 3 is 1.81 bits per heavy atom. The third kappa shape index (κ3) is 9.13.